The minimum absolute atomic E-state index is 0.178. The summed E-state index contributed by atoms with van der Waals surface area (Å²) in [4.78, 5) is 37.4. The second kappa shape index (κ2) is 12.0. The van der Waals surface area contributed by atoms with Gasteiger partial charge < -0.3 is 15.4 Å². The minimum Gasteiger partial charge on any atom is -0.367 e. The highest BCUT2D eigenvalue weighted by Gasteiger charge is 2.14. The molecule has 0 radical (unpaired) electrons. The van der Waals surface area contributed by atoms with Crippen LogP contribution in [0, 0.1) is 0 Å². The summed E-state index contributed by atoms with van der Waals surface area (Å²) in [5.74, 6) is -0.0305. The van der Waals surface area contributed by atoms with Gasteiger partial charge in [-0.15, -0.1) is 0 Å². The Labute approximate surface area is 185 Å². The van der Waals surface area contributed by atoms with Gasteiger partial charge in [0, 0.05) is 42.8 Å². The first-order chi connectivity index (χ1) is 15.1. The minimum atomic E-state index is -0.408. The number of anilines is 1. The van der Waals surface area contributed by atoms with Crippen LogP contribution >= 0.6 is 11.6 Å². The van der Waals surface area contributed by atoms with E-state index in [1.54, 1.807) is 30.5 Å². The number of nitrogens with one attached hydrogen (secondary N) is 3. The van der Waals surface area contributed by atoms with Gasteiger partial charge in [0.05, 0.1) is 18.1 Å². The van der Waals surface area contributed by atoms with Crippen molar-refractivity contribution in [3.05, 3.63) is 59.0 Å². The van der Waals surface area contributed by atoms with Crippen LogP contribution in [0.4, 0.5) is 5.82 Å². The Morgan fingerprint density at radius 1 is 1.16 bits per heavy atom. The molecule has 1 aromatic heterocycles. The molecule has 31 heavy (non-hydrogen) atoms. The Kier molecular flexibility index (Phi) is 8.77. The third-order valence-corrected chi connectivity index (χ3v) is 4.58. The molecule has 1 unspecified atom stereocenters. The Bertz CT molecular complexity index is 884. The Morgan fingerprint density at radius 3 is 2.71 bits per heavy atom. The van der Waals surface area contributed by atoms with Crippen molar-refractivity contribution in [3.63, 3.8) is 0 Å². The van der Waals surface area contributed by atoms with Gasteiger partial charge in [0.25, 0.3) is 11.8 Å². The predicted octanol–water partition coefficient (Wildman–Crippen LogP) is 2.56. The molecule has 2 heterocycles. The number of rotatable bonds is 9. The normalized spacial score (nSPS) is 16.1. The van der Waals surface area contributed by atoms with Gasteiger partial charge in [-0.3, -0.25) is 14.6 Å². The van der Waals surface area contributed by atoms with Gasteiger partial charge >= 0.3 is 0 Å². The molecular formula is C21H24ClN5O4. The van der Waals surface area contributed by atoms with Crippen molar-refractivity contribution in [3.8, 4) is 0 Å². The Morgan fingerprint density at radius 2 is 2.00 bits per heavy atom. The fourth-order valence-electron chi connectivity index (χ4n) is 2.71. The van der Waals surface area contributed by atoms with E-state index in [-0.39, 0.29) is 5.91 Å². The van der Waals surface area contributed by atoms with Gasteiger partial charge in [0.15, 0.2) is 6.29 Å². The van der Waals surface area contributed by atoms with Gasteiger partial charge in [-0.1, -0.05) is 11.6 Å². The van der Waals surface area contributed by atoms with E-state index < -0.39 is 12.2 Å². The van der Waals surface area contributed by atoms with E-state index in [9.17, 15) is 9.59 Å². The molecule has 164 valence electrons. The molecule has 1 aliphatic rings. The lowest BCUT2D eigenvalue weighted by molar-refractivity contribution is -0.198. The quantitative estimate of drug-likeness (QED) is 0.308. The van der Waals surface area contributed by atoms with Gasteiger partial charge in [-0.25, -0.2) is 15.3 Å². The third-order valence-electron chi connectivity index (χ3n) is 4.33. The molecule has 0 bridgehead atoms. The third kappa shape index (κ3) is 7.97. The number of benzene rings is 1. The van der Waals surface area contributed by atoms with Crippen molar-refractivity contribution >= 4 is 35.3 Å². The average Bonchev–Trinajstić information content (AvgIpc) is 2.81. The summed E-state index contributed by atoms with van der Waals surface area (Å²) in [6, 6.07) is 6.67. The number of hydrogen-bond donors (Lipinski definition) is 3. The number of aromatic nitrogens is 2. The molecule has 1 atom stereocenters. The monoisotopic (exact) mass is 445 g/mol. The number of carbonyl (C=O) groups is 2. The number of nitrogens with zero attached hydrogens (tertiary/aromatic N) is 2. The summed E-state index contributed by atoms with van der Waals surface area (Å²) in [6.45, 7) is 1.53. The molecule has 0 saturated carbocycles. The maximum Gasteiger partial charge on any atom is 0.267 e. The van der Waals surface area contributed by atoms with E-state index in [0.29, 0.717) is 41.8 Å². The molecular weight excluding hydrogens is 422 g/mol. The highest BCUT2D eigenvalue weighted by molar-refractivity contribution is 6.30. The second-order valence-corrected chi connectivity index (χ2v) is 7.17. The van der Waals surface area contributed by atoms with E-state index in [0.717, 1.165) is 19.3 Å². The van der Waals surface area contributed by atoms with Crippen LogP contribution in [0.25, 0.3) is 6.08 Å². The molecule has 1 saturated heterocycles. The zero-order chi connectivity index (χ0) is 21.9. The number of hydroxylamine groups is 1. The van der Waals surface area contributed by atoms with E-state index in [4.69, 9.17) is 21.2 Å². The van der Waals surface area contributed by atoms with Crippen molar-refractivity contribution in [1.82, 2.24) is 20.8 Å². The first-order valence-corrected chi connectivity index (χ1v) is 10.3. The standard InChI is InChI=1S/C21H24ClN5O4/c22-16-6-4-15(5-7-16)21(29)24-11-10-23-18-14-25-17(13-26-18)8-9-19(28)27-31-20-3-1-2-12-30-20/h4-9,13-14,20H,1-3,10-12H2,(H,23,26)(H,24,29)(H,27,28)/b9-8+. The molecule has 10 heteroatoms. The number of hydrogen-bond acceptors (Lipinski definition) is 7. The van der Waals surface area contributed by atoms with Crippen LogP contribution in [0.1, 0.15) is 35.3 Å². The van der Waals surface area contributed by atoms with Crippen LogP contribution in [0.2, 0.25) is 5.02 Å². The molecule has 1 aliphatic heterocycles. The van der Waals surface area contributed by atoms with Crippen molar-refractivity contribution < 1.29 is 19.2 Å². The summed E-state index contributed by atoms with van der Waals surface area (Å²) in [7, 11) is 0. The van der Waals surface area contributed by atoms with Crippen LogP contribution in [0.15, 0.2) is 42.7 Å². The average molecular weight is 446 g/mol. The Balaban J connectivity index is 1.34. The topological polar surface area (TPSA) is 114 Å². The first kappa shape index (κ1) is 22.7. The van der Waals surface area contributed by atoms with Crippen molar-refractivity contribution in [2.24, 2.45) is 0 Å². The lowest BCUT2D eigenvalue weighted by Gasteiger charge is -2.21. The molecule has 1 fully saturated rings. The van der Waals surface area contributed by atoms with Gasteiger partial charge in [-0.05, 0) is 43.2 Å². The lowest BCUT2D eigenvalue weighted by Crippen LogP contribution is -2.32. The maximum absolute atomic E-state index is 12.0. The van der Waals surface area contributed by atoms with E-state index in [2.05, 4.69) is 26.1 Å². The smallest absolute Gasteiger partial charge is 0.267 e. The van der Waals surface area contributed by atoms with E-state index in [1.165, 1.54) is 18.3 Å². The van der Waals surface area contributed by atoms with Crippen LogP contribution in [-0.2, 0) is 14.4 Å². The molecule has 9 nitrogen and oxygen atoms in total. The summed E-state index contributed by atoms with van der Waals surface area (Å²) < 4.78 is 5.37. The van der Waals surface area contributed by atoms with Crippen molar-refractivity contribution in [2.75, 3.05) is 25.0 Å². The highest BCUT2D eigenvalue weighted by Crippen LogP contribution is 2.12. The van der Waals surface area contributed by atoms with Crippen LogP contribution in [0.5, 0.6) is 0 Å². The largest absolute Gasteiger partial charge is 0.367 e. The number of amides is 2. The first-order valence-electron chi connectivity index (χ1n) is 9.95. The zero-order valence-electron chi connectivity index (χ0n) is 16.8. The van der Waals surface area contributed by atoms with Crippen molar-refractivity contribution in [1.29, 1.82) is 0 Å². The molecule has 0 aliphatic carbocycles. The molecule has 3 rings (SSSR count). The fraction of sp³-hybridized carbons (Fsp3) is 0.333. The summed E-state index contributed by atoms with van der Waals surface area (Å²) in [6.07, 6.45) is 8.31. The van der Waals surface area contributed by atoms with E-state index >= 15 is 0 Å². The number of carbonyl (C=O) groups excluding carboxylic acids is 2. The van der Waals surface area contributed by atoms with Gasteiger partial charge in [0.2, 0.25) is 0 Å². The fourth-order valence-corrected chi connectivity index (χ4v) is 2.83. The summed E-state index contributed by atoms with van der Waals surface area (Å²) in [5, 5.41) is 6.44. The molecule has 0 spiro atoms. The molecule has 2 aromatic rings. The second-order valence-electron chi connectivity index (χ2n) is 6.73. The number of ether oxygens (including phenoxy) is 1. The van der Waals surface area contributed by atoms with Crippen LogP contribution in [-0.4, -0.2) is 47.8 Å². The molecule has 2 amide bonds. The SMILES string of the molecule is O=C(/C=C/c1cnc(NCCNC(=O)c2ccc(Cl)cc2)cn1)NOC1CCCCO1. The van der Waals surface area contributed by atoms with E-state index in [1.807, 2.05) is 0 Å². The number of halogens is 1. The van der Waals surface area contributed by atoms with Crippen molar-refractivity contribution in [2.45, 2.75) is 25.6 Å². The Hall–Kier alpha value is -3.01. The summed E-state index contributed by atoms with van der Waals surface area (Å²) in [5.41, 5.74) is 3.40. The zero-order valence-corrected chi connectivity index (χ0v) is 17.6. The van der Waals surface area contributed by atoms with Gasteiger partial charge in [-0.2, -0.15) is 0 Å². The lowest BCUT2D eigenvalue weighted by atomic mass is 10.2. The van der Waals surface area contributed by atoms with Gasteiger partial charge in [0.1, 0.15) is 5.82 Å². The molecule has 3 N–H and O–H groups in total. The molecule has 1 aromatic carbocycles. The summed E-state index contributed by atoms with van der Waals surface area (Å²) >= 11 is 5.81. The predicted molar refractivity (Wildman–Crippen MR) is 116 cm³/mol. The van der Waals surface area contributed by atoms with Crippen LogP contribution in [0.3, 0.4) is 0 Å². The van der Waals surface area contributed by atoms with Crippen LogP contribution < -0.4 is 16.1 Å². The highest BCUT2D eigenvalue weighted by atomic mass is 35.5. The maximum atomic E-state index is 12.0.